The van der Waals surface area contributed by atoms with E-state index in [9.17, 15) is 9.59 Å². The molecule has 0 saturated heterocycles. The van der Waals surface area contributed by atoms with E-state index >= 15 is 0 Å². The summed E-state index contributed by atoms with van der Waals surface area (Å²) in [5.41, 5.74) is 2.22. The number of carbonyl (C=O) groups is 2. The molecule has 2 aromatic rings. The first-order chi connectivity index (χ1) is 15.9. The molecule has 1 aromatic carbocycles. The Morgan fingerprint density at radius 2 is 1.88 bits per heavy atom. The Bertz CT molecular complexity index is 928. The average Bonchev–Trinajstić information content (AvgIpc) is 2.82. The van der Waals surface area contributed by atoms with Crippen LogP contribution in [-0.4, -0.2) is 29.9 Å². The standard InChI is InChI=1S/C27H35N3O3/c1-19(2)25-13-22(14-26(31)29-16-21-8-7-11-28-15-21)20(3)12-23(25)17-30-27(32)18-33-24-9-5-4-6-10-24/h4-12,15,19,22-23,25H,13-14,16-18H2,1-3H3,(H,29,31)(H,30,32). The first-order valence-corrected chi connectivity index (χ1v) is 11.7. The van der Waals surface area contributed by atoms with E-state index in [1.54, 1.807) is 12.4 Å². The molecule has 2 N–H and O–H groups in total. The van der Waals surface area contributed by atoms with Crippen molar-refractivity contribution >= 4 is 11.8 Å². The molecule has 176 valence electrons. The summed E-state index contributed by atoms with van der Waals surface area (Å²) >= 11 is 0. The van der Waals surface area contributed by atoms with Crippen LogP contribution in [0.15, 0.2) is 66.5 Å². The molecular formula is C27H35N3O3. The molecule has 6 nitrogen and oxygen atoms in total. The number of allylic oxidation sites excluding steroid dienone is 1. The van der Waals surface area contributed by atoms with Gasteiger partial charge in [-0.1, -0.05) is 49.8 Å². The smallest absolute Gasteiger partial charge is 0.257 e. The number of aromatic nitrogens is 1. The highest BCUT2D eigenvalue weighted by molar-refractivity contribution is 5.77. The van der Waals surface area contributed by atoms with Gasteiger partial charge in [0, 0.05) is 31.9 Å². The third kappa shape index (κ3) is 7.74. The predicted octanol–water partition coefficient (Wildman–Crippen LogP) is 4.14. The van der Waals surface area contributed by atoms with Crippen LogP contribution < -0.4 is 15.4 Å². The van der Waals surface area contributed by atoms with Crippen molar-refractivity contribution in [2.75, 3.05) is 13.2 Å². The third-order valence-electron chi connectivity index (χ3n) is 6.38. The summed E-state index contributed by atoms with van der Waals surface area (Å²) in [7, 11) is 0. The molecule has 0 radical (unpaired) electrons. The van der Waals surface area contributed by atoms with Crippen molar-refractivity contribution in [2.24, 2.45) is 23.7 Å². The largest absolute Gasteiger partial charge is 0.484 e. The lowest BCUT2D eigenvalue weighted by Crippen LogP contribution is -2.39. The highest BCUT2D eigenvalue weighted by Gasteiger charge is 2.32. The van der Waals surface area contributed by atoms with Crippen molar-refractivity contribution in [2.45, 2.75) is 40.2 Å². The fourth-order valence-corrected chi connectivity index (χ4v) is 4.46. The third-order valence-corrected chi connectivity index (χ3v) is 6.38. The number of benzene rings is 1. The molecule has 0 fully saturated rings. The lowest BCUT2D eigenvalue weighted by Gasteiger charge is -2.37. The number of nitrogens with one attached hydrogen (secondary N) is 2. The number of carbonyl (C=O) groups excluding carboxylic acids is 2. The number of hydrogen-bond acceptors (Lipinski definition) is 4. The van der Waals surface area contributed by atoms with E-state index in [0.717, 1.165) is 12.0 Å². The van der Waals surface area contributed by atoms with Gasteiger partial charge in [0.25, 0.3) is 5.91 Å². The quantitative estimate of drug-likeness (QED) is 0.534. The molecule has 3 rings (SSSR count). The zero-order chi connectivity index (χ0) is 23.6. The molecule has 0 saturated carbocycles. The SMILES string of the molecule is CC1=CC(CNC(=O)COc2ccccc2)C(C(C)C)CC1CC(=O)NCc1cccnc1. The Balaban J connectivity index is 1.50. The van der Waals surface area contributed by atoms with Gasteiger partial charge in [0.05, 0.1) is 0 Å². The number of ether oxygens (including phenoxy) is 1. The molecule has 3 atom stereocenters. The van der Waals surface area contributed by atoms with Crippen LogP contribution in [0.3, 0.4) is 0 Å². The van der Waals surface area contributed by atoms with E-state index in [0.29, 0.717) is 37.1 Å². The second-order valence-corrected chi connectivity index (χ2v) is 9.16. The van der Waals surface area contributed by atoms with E-state index in [4.69, 9.17) is 4.74 Å². The van der Waals surface area contributed by atoms with Gasteiger partial charge in [0.15, 0.2) is 6.61 Å². The zero-order valence-electron chi connectivity index (χ0n) is 19.8. The molecule has 3 unspecified atom stereocenters. The highest BCUT2D eigenvalue weighted by Crippen LogP contribution is 2.38. The Morgan fingerprint density at radius 1 is 1.09 bits per heavy atom. The topological polar surface area (TPSA) is 80.3 Å². The Labute approximate surface area is 196 Å². The van der Waals surface area contributed by atoms with Gasteiger partial charge in [-0.2, -0.15) is 0 Å². The van der Waals surface area contributed by atoms with Gasteiger partial charge in [0.2, 0.25) is 5.91 Å². The van der Waals surface area contributed by atoms with Crippen LogP contribution in [0, 0.1) is 23.7 Å². The zero-order valence-corrected chi connectivity index (χ0v) is 19.8. The van der Waals surface area contributed by atoms with E-state index < -0.39 is 0 Å². The van der Waals surface area contributed by atoms with Crippen LogP contribution in [0.4, 0.5) is 0 Å². The summed E-state index contributed by atoms with van der Waals surface area (Å²) in [5, 5.41) is 6.04. The Morgan fingerprint density at radius 3 is 2.58 bits per heavy atom. The van der Waals surface area contributed by atoms with Crippen molar-refractivity contribution < 1.29 is 14.3 Å². The maximum atomic E-state index is 12.6. The second-order valence-electron chi connectivity index (χ2n) is 9.16. The molecule has 1 heterocycles. The molecular weight excluding hydrogens is 414 g/mol. The monoisotopic (exact) mass is 449 g/mol. The van der Waals surface area contributed by atoms with Gasteiger partial charge in [-0.3, -0.25) is 14.6 Å². The summed E-state index contributed by atoms with van der Waals surface area (Å²) in [6.45, 7) is 7.61. The maximum absolute atomic E-state index is 12.6. The average molecular weight is 450 g/mol. The molecule has 1 aliphatic carbocycles. The van der Waals surface area contributed by atoms with Crippen LogP contribution in [0.5, 0.6) is 5.75 Å². The van der Waals surface area contributed by atoms with E-state index in [1.165, 1.54) is 5.57 Å². The van der Waals surface area contributed by atoms with Crippen molar-refractivity contribution in [3.63, 3.8) is 0 Å². The van der Waals surface area contributed by atoms with Crippen LogP contribution in [0.2, 0.25) is 0 Å². The number of pyridine rings is 1. The van der Waals surface area contributed by atoms with Crippen LogP contribution >= 0.6 is 0 Å². The molecule has 1 aliphatic rings. The molecule has 0 bridgehead atoms. The molecule has 0 spiro atoms. The van der Waals surface area contributed by atoms with Crippen LogP contribution in [0.1, 0.15) is 39.2 Å². The lowest BCUT2D eigenvalue weighted by atomic mass is 9.69. The van der Waals surface area contributed by atoms with E-state index in [1.807, 2.05) is 42.5 Å². The number of para-hydroxylation sites is 1. The maximum Gasteiger partial charge on any atom is 0.257 e. The van der Waals surface area contributed by atoms with Gasteiger partial charge < -0.3 is 15.4 Å². The molecule has 33 heavy (non-hydrogen) atoms. The second kappa shape index (κ2) is 12.2. The summed E-state index contributed by atoms with van der Waals surface area (Å²) in [6, 6.07) is 13.2. The molecule has 0 aliphatic heterocycles. The van der Waals surface area contributed by atoms with Crippen molar-refractivity contribution in [3.8, 4) is 5.75 Å². The fraction of sp³-hybridized carbons (Fsp3) is 0.444. The fourth-order valence-electron chi connectivity index (χ4n) is 4.46. The predicted molar refractivity (Wildman–Crippen MR) is 129 cm³/mol. The summed E-state index contributed by atoms with van der Waals surface area (Å²) in [5.74, 6) is 1.96. The van der Waals surface area contributed by atoms with Crippen LogP contribution in [0.25, 0.3) is 0 Å². The first-order valence-electron chi connectivity index (χ1n) is 11.7. The van der Waals surface area contributed by atoms with Crippen molar-refractivity contribution in [1.82, 2.24) is 15.6 Å². The summed E-state index contributed by atoms with van der Waals surface area (Å²) in [6.07, 6.45) is 7.18. The Kier molecular flexibility index (Phi) is 9.04. The molecule has 1 aromatic heterocycles. The van der Waals surface area contributed by atoms with Gasteiger partial charge in [-0.05, 0) is 60.8 Å². The van der Waals surface area contributed by atoms with Crippen LogP contribution in [-0.2, 0) is 16.1 Å². The van der Waals surface area contributed by atoms with Crippen molar-refractivity contribution in [3.05, 3.63) is 72.1 Å². The minimum Gasteiger partial charge on any atom is -0.484 e. The molecule has 6 heteroatoms. The Hall–Kier alpha value is -3.15. The number of rotatable bonds is 10. The molecule has 2 amide bonds. The summed E-state index contributed by atoms with van der Waals surface area (Å²) < 4.78 is 5.54. The first kappa shape index (κ1) is 24.5. The minimum absolute atomic E-state index is 0.00546. The number of amides is 2. The number of nitrogens with zero attached hydrogens (tertiary/aromatic N) is 1. The van der Waals surface area contributed by atoms with Crippen molar-refractivity contribution in [1.29, 1.82) is 0 Å². The van der Waals surface area contributed by atoms with E-state index in [-0.39, 0.29) is 30.3 Å². The normalized spacial score (nSPS) is 20.1. The summed E-state index contributed by atoms with van der Waals surface area (Å²) in [4.78, 5) is 29.0. The van der Waals surface area contributed by atoms with Gasteiger partial charge in [0.1, 0.15) is 5.75 Å². The number of hydrogen-bond donors (Lipinski definition) is 2. The van der Waals surface area contributed by atoms with Gasteiger partial charge in [-0.15, -0.1) is 0 Å². The van der Waals surface area contributed by atoms with Gasteiger partial charge >= 0.3 is 0 Å². The van der Waals surface area contributed by atoms with Gasteiger partial charge in [-0.25, -0.2) is 0 Å². The van der Waals surface area contributed by atoms with E-state index in [2.05, 4.69) is 42.5 Å². The lowest BCUT2D eigenvalue weighted by molar-refractivity contribution is -0.123. The highest BCUT2D eigenvalue weighted by atomic mass is 16.5. The minimum atomic E-state index is -0.121.